The number of rotatable bonds is 11. The summed E-state index contributed by atoms with van der Waals surface area (Å²) in [6.45, 7) is 8.39. The number of sulfonamides is 1. The first-order valence-electron chi connectivity index (χ1n) is 20.8. The fraction of sp³-hybridized carbons (Fsp3) is 0.283. The van der Waals surface area contributed by atoms with Crippen molar-refractivity contribution in [3.63, 3.8) is 0 Å². The van der Waals surface area contributed by atoms with Crippen LogP contribution in [0.5, 0.6) is 17.2 Å². The van der Waals surface area contributed by atoms with Crippen molar-refractivity contribution < 1.29 is 32.0 Å². The Morgan fingerprint density at radius 1 is 1.03 bits per heavy atom. The normalized spacial score (nSPS) is 17.6. The van der Waals surface area contributed by atoms with E-state index in [1.54, 1.807) is 24.4 Å². The van der Waals surface area contributed by atoms with E-state index in [9.17, 15) is 27.7 Å². The molecule has 5 heterocycles. The van der Waals surface area contributed by atoms with E-state index < -0.39 is 43.3 Å². The average Bonchev–Trinajstić information content (AvgIpc) is 3.75. The molecule has 1 atom stereocenters. The smallest absolute Gasteiger partial charge is 0.297 e. The highest BCUT2D eigenvalue weighted by Gasteiger charge is 2.34. The lowest BCUT2D eigenvalue weighted by Crippen LogP contribution is -2.47. The van der Waals surface area contributed by atoms with Gasteiger partial charge in [-0.15, -0.1) is 0 Å². The standard InChI is InChI=1S/C46H44ClFN8O7S/c1-46(2)13-11-30(37(23-46)28-3-5-31(47)6-4-28)26-54-15-17-55(18-16-54)33-8-9-36(41(20-33)63-34-19-29-12-14-49-44(29)51-25-34)45(57)53-64(60,61)35-21-40(56(58)59)43-42(22-35)62-27-39(52-43)38-10-7-32(48)24-50-38/h3-10,12,14,19-22,24-25,39,52H,11,13,15-18,23,26-27H2,1-2H3,(H,49,51)(H,53,57)/t39-/m0/s1. The van der Waals surface area contributed by atoms with Crippen LogP contribution in [0.4, 0.5) is 21.5 Å². The Balaban J connectivity index is 0.953. The number of carbonyl (C=O) groups excluding carboxylic acids is 1. The van der Waals surface area contributed by atoms with Gasteiger partial charge in [0.1, 0.15) is 35.6 Å². The molecule has 1 aliphatic carbocycles. The molecule has 15 nitrogen and oxygen atoms in total. The third-order valence-electron chi connectivity index (χ3n) is 12.0. The van der Waals surface area contributed by atoms with Gasteiger partial charge in [0.25, 0.3) is 21.6 Å². The second-order valence-corrected chi connectivity index (χ2v) is 19.1. The molecule has 0 saturated carbocycles. The molecule has 3 N–H and O–H groups in total. The van der Waals surface area contributed by atoms with E-state index in [-0.39, 0.29) is 34.8 Å². The van der Waals surface area contributed by atoms with E-state index in [0.29, 0.717) is 35.2 Å². The first-order valence-corrected chi connectivity index (χ1v) is 22.6. The summed E-state index contributed by atoms with van der Waals surface area (Å²) in [5.41, 5.74) is 5.24. The van der Waals surface area contributed by atoms with E-state index in [0.717, 1.165) is 68.3 Å². The summed E-state index contributed by atoms with van der Waals surface area (Å²) >= 11 is 6.24. The number of piperazine rings is 1. The van der Waals surface area contributed by atoms with E-state index in [1.807, 2.05) is 18.2 Å². The summed E-state index contributed by atoms with van der Waals surface area (Å²) in [6.07, 6.45) is 7.39. The van der Waals surface area contributed by atoms with Gasteiger partial charge in [0.05, 0.1) is 33.5 Å². The van der Waals surface area contributed by atoms with Crippen LogP contribution in [0.3, 0.4) is 0 Å². The number of hydrogen-bond acceptors (Lipinski definition) is 12. The monoisotopic (exact) mass is 906 g/mol. The van der Waals surface area contributed by atoms with Gasteiger partial charge in [-0.2, -0.15) is 0 Å². The lowest BCUT2D eigenvalue weighted by molar-refractivity contribution is -0.384. The van der Waals surface area contributed by atoms with Crippen molar-refractivity contribution in [3.05, 3.63) is 141 Å². The second kappa shape index (κ2) is 17.2. The summed E-state index contributed by atoms with van der Waals surface area (Å²) < 4.78 is 55.4. The number of nitro benzene ring substituents is 1. The highest BCUT2D eigenvalue weighted by Crippen LogP contribution is 2.44. The Morgan fingerprint density at radius 3 is 2.58 bits per heavy atom. The lowest BCUT2D eigenvalue weighted by atomic mass is 9.72. The third-order valence-corrected chi connectivity index (χ3v) is 13.5. The molecular weight excluding hydrogens is 863 g/mol. The minimum absolute atomic E-state index is 0.0799. The Kier molecular flexibility index (Phi) is 11.5. The van der Waals surface area contributed by atoms with Gasteiger partial charge in [0.15, 0.2) is 11.4 Å². The van der Waals surface area contributed by atoms with Crippen molar-refractivity contribution in [2.24, 2.45) is 5.41 Å². The molecule has 3 aliphatic rings. The van der Waals surface area contributed by atoms with Crippen LogP contribution in [0, 0.1) is 21.3 Å². The fourth-order valence-corrected chi connectivity index (χ4v) is 9.62. The number of benzene rings is 3. The maximum absolute atomic E-state index is 14.0. The van der Waals surface area contributed by atoms with Crippen molar-refractivity contribution in [1.82, 2.24) is 24.6 Å². The van der Waals surface area contributed by atoms with E-state index in [4.69, 9.17) is 21.1 Å². The number of nitrogens with zero attached hydrogens (tertiary/aromatic N) is 5. The number of fused-ring (bicyclic) bond motifs is 2. The van der Waals surface area contributed by atoms with Crippen LogP contribution in [-0.4, -0.2) is 78.4 Å². The summed E-state index contributed by atoms with van der Waals surface area (Å²) in [4.78, 5) is 41.1. The molecular formula is C46H44ClFN8O7S. The van der Waals surface area contributed by atoms with Gasteiger partial charge >= 0.3 is 0 Å². The van der Waals surface area contributed by atoms with Crippen LogP contribution >= 0.6 is 11.6 Å². The van der Waals surface area contributed by atoms with E-state index in [1.165, 1.54) is 41.1 Å². The van der Waals surface area contributed by atoms with Crippen molar-refractivity contribution in [2.75, 3.05) is 49.5 Å². The zero-order valence-corrected chi connectivity index (χ0v) is 36.5. The minimum atomic E-state index is -4.72. The molecule has 9 rings (SSSR count). The Labute approximate surface area is 373 Å². The molecule has 3 aromatic carbocycles. The van der Waals surface area contributed by atoms with Crippen molar-refractivity contribution in [2.45, 2.75) is 44.0 Å². The molecule has 1 saturated heterocycles. The number of hydrogen-bond donors (Lipinski definition) is 3. The summed E-state index contributed by atoms with van der Waals surface area (Å²) in [6, 6.07) is 20.5. The average molecular weight is 907 g/mol. The van der Waals surface area contributed by atoms with Crippen molar-refractivity contribution >= 4 is 61.2 Å². The van der Waals surface area contributed by atoms with Gasteiger partial charge in [-0.3, -0.25) is 24.8 Å². The van der Waals surface area contributed by atoms with Crippen LogP contribution in [0.15, 0.2) is 108 Å². The highest BCUT2D eigenvalue weighted by molar-refractivity contribution is 7.90. The van der Waals surface area contributed by atoms with Crippen molar-refractivity contribution in [1.29, 1.82) is 0 Å². The Bertz CT molecular complexity index is 2920. The van der Waals surface area contributed by atoms with Gasteiger partial charge < -0.3 is 24.7 Å². The zero-order valence-electron chi connectivity index (χ0n) is 34.9. The third kappa shape index (κ3) is 9.09. The first kappa shape index (κ1) is 42.7. The van der Waals surface area contributed by atoms with Crippen LogP contribution in [0.1, 0.15) is 60.8 Å². The fourth-order valence-electron chi connectivity index (χ4n) is 8.49. The predicted molar refractivity (Wildman–Crippen MR) is 241 cm³/mol. The topological polar surface area (TPSA) is 185 Å². The van der Waals surface area contributed by atoms with Gasteiger partial charge in [-0.25, -0.2) is 22.5 Å². The van der Waals surface area contributed by atoms with Gasteiger partial charge in [0.2, 0.25) is 0 Å². The number of nitro groups is 1. The summed E-state index contributed by atoms with van der Waals surface area (Å²) in [5.74, 6) is -1.31. The molecule has 330 valence electrons. The molecule has 64 heavy (non-hydrogen) atoms. The molecule has 1 amide bonds. The largest absolute Gasteiger partial charge is 0.489 e. The van der Waals surface area contributed by atoms with Gasteiger partial charge in [-0.1, -0.05) is 43.2 Å². The number of aromatic amines is 1. The van der Waals surface area contributed by atoms with Crippen LogP contribution < -0.4 is 24.4 Å². The molecule has 3 aromatic heterocycles. The number of pyridine rings is 2. The van der Waals surface area contributed by atoms with Gasteiger partial charge in [-0.05, 0) is 84.3 Å². The highest BCUT2D eigenvalue weighted by atomic mass is 35.5. The number of halogens is 2. The summed E-state index contributed by atoms with van der Waals surface area (Å²) in [5, 5.41) is 16.7. The minimum Gasteiger partial charge on any atom is -0.489 e. The molecule has 2 aliphatic heterocycles. The lowest BCUT2D eigenvalue weighted by Gasteiger charge is -2.39. The number of H-pyrrole nitrogens is 1. The first-order chi connectivity index (χ1) is 30.7. The Morgan fingerprint density at radius 2 is 1.83 bits per heavy atom. The summed E-state index contributed by atoms with van der Waals surface area (Å²) in [7, 11) is -4.72. The molecule has 0 unspecified atom stereocenters. The van der Waals surface area contributed by atoms with E-state index in [2.05, 4.69) is 60.8 Å². The van der Waals surface area contributed by atoms with Crippen LogP contribution in [0.25, 0.3) is 16.6 Å². The molecule has 0 bridgehead atoms. The Hall–Kier alpha value is -6.56. The molecule has 1 fully saturated rings. The van der Waals surface area contributed by atoms with Crippen molar-refractivity contribution in [3.8, 4) is 17.2 Å². The molecule has 0 radical (unpaired) electrons. The molecule has 0 spiro atoms. The molecule has 6 aromatic rings. The number of ether oxygens (including phenoxy) is 2. The maximum Gasteiger partial charge on any atom is 0.297 e. The molecule has 18 heteroatoms. The number of anilines is 2. The number of allylic oxidation sites excluding steroid dienone is 1. The second-order valence-electron chi connectivity index (χ2n) is 17.0. The SMILES string of the molecule is CC1(C)CCC(CN2CCN(c3ccc(C(=O)NS(=O)(=O)c4cc5c(c([N+](=O)[O-])c4)N[C@H](c4ccc(F)cn4)CO5)c(Oc4cnc5[nH]ccc5c4)c3)CC2)=C(c2ccc(Cl)cc2)C1. The number of nitrogens with one attached hydrogen (secondary N) is 3. The zero-order chi connectivity index (χ0) is 44.8. The van der Waals surface area contributed by atoms with E-state index >= 15 is 0 Å². The number of carbonyl (C=O) groups is 1. The number of amides is 1. The predicted octanol–water partition coefficient (Wildman–Crippen LogP) is 8.90. The number of aromatic nitrogens is 3. The van der Waals surface area contributed by atoms with Crippen LogP contribution in [0.2, 0.25) is 5.02 Å². The maximum atomic E-state index is 14.0. The quantitative estimate of drug-likeness (QED) is 0.0830. The van der Waals surface area contributed by atoms with Crippen LogP contribution in [-0.2, 0) is 10.0 Å². The van der Waals surface area contributed by atoms with Gasteiger partial charge in [0, 0.05) is 73.2 Å².